The van der Waals surface area contributed by atoms with Crippen LogP contribution in [-0.2, 0) is 16.0 Å². The molecule has 1 aliphatic rings. The van der Waals surface area contributed by atoms with Crippen LogP contribution in [0.25, 0.3) is 0 Å². The van der Waals surface area contributed by atoms with E-state index in [1.54, 1.807) is 0 Å². The standard InChI is InChI=1S/C14H18F3NO2S/c15-14(16,17)11-2-1-3-13(8-11)21(19,20)12-6-4-10(9-18)5-7-12/h1-3,8,10,12H,4-7,9,18H2. The van der Waals surface area contributed by atoms with Crippen LogP contribution in [0.4, 0.5) is 13.2 Å². The fourth-order valence-corrected chi connectivity index (χ4v) is 4.56. The van der Waals surface area contributed by atoms with E-state index in [9.17, 15) is 21.6 Å². The second kappa shape index (κ2) is 5.96. The third-order valence-corrected chi connectivity index (χ3v) is 6.32. The van der Waals surface area contributed by atoms with Crippen molar-refractivity contribution in [2.75, 3.05) is 6.54 Å². The summed E-state index contributed by atoms with van der Waals surface area (Å²) >= 11 is 0. The number of hydrogen-bond donors (Lipinski definition) is 1. The number of alkyl halides is 3. The molecule has 118 valence electrons. The van der Waals surface area contributed by atoms with Crippen LogP contribution < -0.4 is 5.73 Å². The molecule has 0 radical (unpaired) electrons. The summed E-state index contributed by atoms with van der Waals surface area (Å²) in [5.41, 5.74) is 4.63. The Hall–Kier alpha value is -1.08. The molecule has 0 spiro atoms. The van der Waals surface area contributed by atoms with Crippen LogP contribution in [0.5, 0.6) is 0 Å². The summed E-state index contributed by atoms with van der Waals surface area (Å²) in [6, 6.07) is 3.98. The summed E-state index contributed by atoms with van der Waals surface area (Å²) < 4.78 is 63.0. The van der Waals surface area contributed by atoms with Crippen LogP contribution in [0.1, 0.15) is 31.2 Å². The Balaban J connectivity index is 2.24. The molecule has 0 unspecified atom stereocenters. The van der Waals surface area contributed by atoms with Gasteiger partial charge in [-0.1, -0.05) is 6.07 Å². The minimum Gasteiger partial charge on any atom is -0.330 e. The fourth-order valence-electron chi connectivity index (χ4n) is 2.72. The van der Waals surface area contributed by atoms with Crippen LogP contribution in [0, 0.1) is 5.92 Å². The van der Waals surface area contributed by atoms with Crippen molar-refractivity contribution in [2.24, 2.45) is 11.7 Å². The van der Waals surface area contributed by atoms with Crippen molar-refractivity contribution in [3.63, 3.8) is 0 Å². The van der Waals surface area contributed by atoms with E-state index in [0.717, 1.165) is 18.2 Å². The van der Waals surface area contributed by atoms with Gasteiger partial charge in [0.15, 0.2) is 9.84 Å². The minimum atomic E-state index is -4.54. The lowest BCUT2D eigenvalue weighted by Gasteiger charge is -2.27. The van der Waals surface area contributed by atoms with Gasteiger partial charge < -0.3 is 5.73 Å². The van der Waals surface area contributed by atoms with E-state index in [2.05, 4.69) is 0 Å². The van der Waals surface area contributed by atoms with Crippen molar-refractivity contribution < 1.29 is 21.6 Å². The Morgan fingerprint density at radius 1 is 1.14 bits per heavy atom. The molecule has 0 amide bonds. The van der Waals surface area contributed by atoms with Crippen molar-refractivity contribution in [2.45, 2.75) is 42.0 Å². The first-order valence-electron chi connectivity index (χ1n) is 6.86. The van der Waals surface area contributed by atoms with Crippen LogP contribution >= 0.6 is 0 Å². The van der Waals surface area contributed by atoms with E-state index in [1.165, 1.54) is 6.07 Å². The van der Waals surface area contributed by atoms with E-state index in [4.69, 9.17) is 5.73 Å². The van der Waals surface area contributed by atoms with Crippen molar-refractivity contribution in [1.29, 1.82) is 0 Å². The Bertz CT molecular complexity index is 590. The van der Waals surface area contributed by atoms with Gasteiger partial charge in [0.1, 0.15) is 0 Å². The molecule has 2 N–H and O–H groups in total. The van der Waals surface area contributed by atoms with Gasteiger partial charge in [-0.2, -0.15) is 13.2 Å². The normalized spacial score (nSPS) is 24.0. The molecule has 3 nitrogen and oxygen atoms in total. The number of sulfone groups is 1. The van der Waals surface area contributed by atoms with Gasteiger partial charge in [-0.15, -0.1) is 0 Å². The zero-order chi connectivity index (χ0) is 15.7. The Labute approximate surface area is 122 Å². The molecule has 0 aromatic heterocycles. The zero-order valence-corrected chi connectivity index (χ0v) is 12.3. The first-order chi connectivity index (χ1) is 9.75. The van der Waals surface area contributed by atoms with Crippen molar-refractivity contribution >= 4 is 9.84 Å². The number of halogens is 3. The lowest BCUT2D eigenvalue weighted by molar-refractivity contribution is -0.137. The molecule has 0 aliphatic heterocycles. The van der Waals surface area contributed by atoms with Crippen LogP contribution in [0.2, 0.25) is 0 Å². The third kappa shape index (κ3) is 3.58. The van der Waals surface area contributed by atoms with E-state index >= 15 is 0 Å². The number of rotatable bonds is 3. The molecule has 0 heterocycles. The van der Waals surface area contributed by atoms with E-state index in [0.29, 0.717) is 38.1 Å². The van der Waals surface area contributed by atoms with E-state index in [-0.39, 0.29) is 4.90 Å². The van der Waals surface area contributed by atoms with Gasteiger partial charge in [-0.3, -0.25) is 0 Å². The molecule has 1 aromatic carbocycles. The van der Waals surface area contributed by atoms with Gasteiger partial charge in [0.05, 0.1) is 15.7 Å². The highest BCUT2D eigenvalue weighted by atomic mass is 32.2. The highest BCUT2D eigenvalue weighted by Gasteiger charge is 2.35. The maximum atomic E-state index is 12.7. The number of benzene rings is 1. The molecule has 7 heteroatoms. The fraction of sp³-hybridized carbons (Fsp3) is 0.571. The van der Waals surface area contributed by atoms with Crippen LogP contribution in [0.15, 0.2) is 29.2 Å². The first-order valence-corrected chi connectivity index (χ1v) is 8.41. The molecular weight excluding hydrogens is 303 g/mol. The zero-order valence-electron chi connectivity index (χ0n) is 11.4. The minimum absolute atomic E-state index is 0.242. The molecule has 21 heavy (non-hydrogen) atoms. The summed E-state index contributed by atoms with van der Waals surface area (Å²) in [5.74, 6) is 0.318. The molecule has 0 bridgehead atoms. The molecule has 0 atom stereocenters. The van der Waals surface area contributed by atoms with Crippen LogP contribution in [0.3, 0.4) is 0 Å². The van der Waals surface area contributed by atoms with Gasteiger partial charge >= 0.3 is 6.18 Å². The Morgan fingerprint density at radius 3 is 2.29 bits per heavy atom. The summed E-state index contributed by atoms with van der Waals surface area (Å²) in [6.07, 6.45) is -2.21. The maximum Gasteiger partial charge on any atom is 0.416 e. The summed E-state index contributed by atoms with van der Waals surface area (Å²) in [6.45, 7) is 0.524. The van der Waals surface area contributed by atoms with Crippen molar-refractivity contribution in [3.05, 3.63) is 29.8 Å². The highest BCUT2D eigenvalue weighted by molar-refractivity contribution is 7.92. The molecule has 1 fully saturated rings. The average Bonchev–Trinajstić information content (AvgIpc) is 2.46. The molecule has 0 saturated heterocycles. The maximum absolute atomic E-state index is 12.7. The second-order valence-electron chi connectivity index (χ2n) is 5.45. The SMILES string of the molecule is NCC1CCC(S(=O)(=O)c2cccc(C(F)(F)F)c2)CC1. The summed E-state index contributed by atoms with van der Waals surface area (Å²) in [7, 11) is -3.72. The van der Waals surface area contributed by atoms with E-state index < -0.39 is 26.8 Å². The quantitative estimate of drug-likeness (QED) is 0.931. The summed E-state index contributed by atoms with van der Waals surface area (Å²) in [5, 5.41) is -0.608. The molecule has 1 saturated carbocycles. The molecule has 1 aromatic rings. The Morgan fingerprint density at radius 2 is 1.76 bits per heavy atom. The van der Waals surface area contributed by atoms with Crippen molar-refractivity contribution in [3.8, 4) is 0 Å². The predicted molar refractivity (Wildman–Crippen MR) is 73.4 cm³/mol. The van der Waals surface area contributed by atoms with Crippen molar-refractivity contribution in [1.82, 2.24) is 0 Å². The van der Waals surface area contributed by atoms with Gasteiger partial charge in [-0.05, 0) is 56.3 Å². The monoisotopic (exact) mass is 321 g/mol. The lowest BCUT2D eigenvalue weighted by Crippen LogP contribution is -2.30. The van der Waals surface area contributed by atoms with Gasteiger partial charge in [-0.25, -0.2) is 8.42 Å². The molecule has 2 rings (SSSR count). The molecule has 1 aliphatic carbocycles. The number of hydrogen-bond acceptors (Lipinski definition) is 3. The smallest absolute Gasteiger partial charge is 0.330 e. The van der Waals surface area contributed by atoms with Gasteiger partial charge in [0, 0.05) is 0 Å². The Kier molecular flexibility index (Phi) is 4.63. The van der Waals surface area contributed by atoms with E-state index in [1.807, 2.05) is 0 Å². The number of nitrogens with two attached hydrogens (primary N) is 1. The lowest BCUT2D eigenvalue weighted by atomic mass is 9.89. The average molecular weight is 321 g/mol. The van der Waals surface area contributed by atoms with Gasteiger partial charge in [0.2, 0.25) is 0 Å². The van der Waals surface area contributed by atoms with Crippen LogP contribution in [-0.4, -0.2) is 20.2 Å². The largest absolute Gasteiger partial charge is 0.416 e. The second-order valence-corrected chi connectivity index (χ2v) is 7.68. The van der Waals surface area contributed by atoms with Gasteiger partial charge in [0.25, 0.3) is 0 Å². The first kappa shape index (κ1) is 16.3. The third-order valence-electron chi connectivity index (χ3n) is 4.06. The topological polar surface area (TPSA) is 60.2 Å². The summed E-state index contributed by atoms with van der Waals surface area (Å²) in [4.78, 5) is -0.242. The molecular formula is C14H18F3NO2S. The highest BCUT2D eigenvalue weighted by Crippen LogP contribution is 2.34. The predicted octanol–water partition coefficient (Wildman–Crippen LogP) is 3.00.